The zero-order chi connectivity index (χ0) is 18.2. The third-order valence-corrected chi connectivity index (χ3v) is 3.87. The molecular formula is C19H20FN3O3. The number of nitrogens with one attached hydrogen (secondary N) is 1. The second kappa shape index (κ2) is 8.96. The zero-order valence-corrected chi connectivity index (χ0v) is 14.2. The van der Waals surface area contributed by atoms with Gasteiger partial charge in [-0.25, -0.2) is 4.39 Å². The van der Waals surface area contributed by atoms with Crippen molar-refractivity contribution in [3.63, 3.8) is 0 Å². The van der Waals surface area contributed by atoms with Gasteiger partial charge >= 0.3 is 0 Å². The van der Waals surface area contributed by atoms with Gasteiger partial charge in [-0.2, -0.15) is 0 Å². The molecule has 3 rings (SSSR count). The summed E-state index contributed by atoms with van der Waals surface area (Å²) in [6.07, 6.45) is 1.55. The second-order valence-corrected chi connectivity index (χ2v) is 5.75. The molecule has 0 aromatic heterocycles. The molecule has 7 heteroatoms. The van der Waals surface area contributed by atoms with Gasteiger partial charge in [0, 0.05) is 24.5 Å². The molecule has 0 atom stereocenters. The number of benzene rings is 2. The van der Waals surface area contributed by atoms with Gasteiger partial charge in [-0.15, -0.1) is 0 Å². The summed E-state index contributed by atoms with van der Waals surface area (Å²) < 4.78 is 18.1. The molecule has 1 fully saturated rings. The first kappa shape index (κ1) is 17.9. The summed E-state index contributed by atoms with van der Waals surface area (Å²) in [5.74, 6) is -0.722. The summed E-state index contributed by atoms with van der Waals surface area (Å²) in [5, 5.41) is 6.39. The van der Waals surface area contributed by atoms with Crippen molar-refractivity contribution < 1.29 is 18.8 Å². The van der Waals surface area contributed by atoms with Crippen LogP contribution in [0.3, 0.4) is 0 Å². The van der Waals surface area contributed by atoms with E-state index in [0.717, 1.165) is 37.6 Å². The summed E-state index contributed by atoms with van der Waals surface area (Å²) in [4.78, 5) is 19.0. The van der Waals surface area contributed by atoms with Gasteiger partial charge in [0.15, 0.2) is 6.61 Å². The minimum Gasteiger partial charge on any atom is -0.386 e. The normalized spacial score (nSPS) is 14.4. The number of carbonyl (C=O) groups is 1. The first-order valence-corrected chi connectivity index (χ1v) is 8.34. The molecule has 1 aliphatic heterocycles. The lowest BCUT2D eigenvalue weighted by atomic mass is 10.2. The van der Waals surface area contributed by atoms with Crippen LogP contribution in [0.5, 0.6) is 0 Å². The number of oxime groups is 1. The monoisotopic (exact) mass is 357 g/mol. The van der Waals surface area contributed by atoms with Crippen molar-refractivity contribution >= 4 is 23.5 Å². The van der Waals surface area contributed by atoms with Gasteiger partial charge in [-0.3, -0.25) is 4.79 Å². The fourth-order valence-electron chi connectivity index (χ4n) is 2.52. The summed E-state index contributed by atoms with van der Waals surface area (Å²) in [6, 6.07) is 13.4. The highest BCUT2D eigenvalue weighted by Gasteiger charge is 2.10. The number of morpholine rings is 1. The molecule has 136 valence electrons. The van der Waals surface area contributed by atoms with Gasteiger partial charge < -0.3 is 19.8 Å². The fraction of sp³-hybridized carbons (Fsp3) is 0.263. The van der Waals surface area contributed by atoms with E-state index in [9.17, 15) is 9.18 Å². The van der Waals surface area contributed by atoms with Gasteiger partial charge in [0.1, 0.15) is 5.82 Å². The molecule has 1 heterocycles. The number of hydrogen-bond donors (Lipinski definition) is 1. The Hall–Kier alpha value is -2.93. The average Bonchev–Trinajstić information content (AvgIpc) is 2.68. The highest BCUT2D eigenvalue weighted by atomic mass is 19.1. The number of anilines is 2. The van der Waals surface area contributed by atoms with Crippen molar-refractivity contribution in [1.29, 1.82) is 0 Å². The van der Waals surface area contributed by atoms with Crippen LogP contribution in [0, 0.1) is 5.82 Å². The quantitative estimate of drug-likeness (QED) is 0.638. The van der Waals surface area contributed by atoms with E-state index in [2.05, 4.69) is 15.4 Å². The molecule has 0 unspecified atom stereocenters. The number of amides is 1. The summed E-state index contributed by atoms with van der Waals surface area (Å²) in [7, 11) is 0. The Morgan fingerprint density at radius 2 is 1.85 bits per heavy atom. The van der Waals surface area contributed by atoms with E-state index in [-0.39, 0.29) is 18.3 Å². The SMILES string of the molecule is O=C(CON=Cc1ccc(N2CCOCC2)cc1)Nc1ccc(F)cc1. The van der Waals surface area contributed by atoms with Crippen LogP contribution in [-0.4, -0.2) is 45.0 Å². The smallest absolute Gasteiger partial charge is 0.265 e. The third-order valence-electron chi connectivity index (χ3n) is 3.87. The lowest BCUT2D eigenvalue weighted by Gasteiger charge is -2.28. The Bertz CT molecular complexity index is 742. The molecule has 1 saturated heterocycles. The van der Waals surface area contributed by atoms with Crippen LogP contribution in [0.2, 0.25) is 0 Å². The van der Waals surface area contributed by atoms with Crippen molar-refractivity contribution in [2.45, 2.75) is 0 Å². The first-order chi connectivity index (χ1) is 12.7. The van der Waals surface area contributed by atoms with E-state index < -0.39 is 0 Å². The third kappa shape index (κ3) is 5.29. The maximum absolute atomic E-state index is 12.8. The lowest BCUT2D eigenvalue weighted by Crippen LogP contribution is -2.36. The predicted octanol–water partition coefficient (Wildman–Crippen LogP) is 2.65. The molecule has 0 saturated carbocycles. The van der Waals surface area contributed by atoms with Gasteiger partial charge in [0.05, 0.1) is 19.4 Å². The minimum absolute atomic E-state index is 0.222. The van der Waals surface area contributed by atoms with Crippen molar-refractivity contribution in [3.8, 4) is 0 Å². The van der Waals surface area contributed by atoms with Gasteiger partial charge in [0.25, 0.3) is 5.91 Å². The van der Waals surface area contributed by atoms with Crippen molar-refractivity contribution in [2.24, 2.45) is 5.16 Å². The number of ether oxygens (including phenoxy) is 1. The molecule has 0 aliphatic carbocycles. The maximum Gasteiger partial charge on any atom is 0.265 e. The van der Waals surface area contributed by atoms with Crippen LogP contribution in [0.25, 0.3) is 0 Å². The Balaban J connectivity index is 1.43. The molecule has 0 spiro atoms. The van der Waals surface area contributed by atoms with E-state index in [0.29, 0.717) is 5.69 Å². The number of nitrogens with zero attached hydrogens (tertiary/aromatic N) is 2. The molecule has 6 nitrogen and oxygen atoms in total. The molecule has 1 amide bonds. The summed E-state index contributed by atoms with van der Waals surface area (Å²) in [6.45, 7) is 3.05. The molecule has 26 heavy (non-hydrogen) atoms. The van der Waals surface area contributed by atoms with Crippen molar-refractivity contribution in [2.75, 3.05) is 43.1 Å². The Morgan fingerprint density at radius 1 is 1.15 bits per heavy atom. The standard InChI is InChI=1S/C19H20FN3O3/c20-16-3-5-17(6-4-16)22-19(24)14-26-21-13-15-1-7-18(8-2-15)23-9-11-25-12-10-23/h1-8,13H,9-12,14H2,(H,22,24). The number of halogens is 1. The number of rotatable bonds is 6. The van der Waals surface area contributed by atoms with E-state index in [1.54, 1.807) is 6.21 Å². The second-order valence-electron chi connectivity index (χ2n) is 5.75. The Morgan fingerprint density at radius 3 is 2.54 bits per heavy atom. The van der Waals surface area contributed by atoms with Crippen LogP contribution in [-0.2, 0) is 14.4 Å². The van der Waals surface area contributed by atoms with E-state index in [4.69, 9.17) is 9.57 Å². The van der Waals surface area contributed by atoms with Crippen LogP contribution in [0.15, 0.2) is 53.7 Å². The molecule has 2 aromatic carbocycles. The highest BCUT2D eigenvalue weighted by molar-refractivity contribution is 5.91. The maximum atomic E-state index is 12.8. The molecule has 1 aliphatic rings. The Kier molecular flexibility index (Phi) is 6.16. The largest absolute Gasteiger partial charge is 0.386 e. The van der Waals surface area contributed by atoms with E-state index in [1.165, 1.54) is 24.3 Å². The molecule has 0 radical (unpaired) electrons. The topological polar surface area (TPSA) is 63.2 Å². The van der Waals surface area contributed by atoms with Crippen LogP contribution in [0.4, 0.5) is 15.8 Å². The molecule has 1 N–H and O–H groups in total. The van der Waals surface area contributed by atoms with E-state index >= 15 is 0 Å². The van der Waals surface area contributed by atoms with E-state index in [1.807, 2.05) is 24.3 Å². The summed E-state index contributed by atoms with van der Waals surface area (Å²) >= 11 is 0. The van der Waals surface area contributed by atoms with Gasteiger partial charge in [-0.05, 0) is 42.0 Å². The van der Waals surface area contributed by atoms with Crippen LogP contribution < -0.4 is 10.2 Å². The van der Waals surface area contributed by atoms with Crippen LogP contribution in [0.1, 0.15) is 5.56 Å². The van der Waals surface area contributed by atoms with Gasteiger partial charge in [-0.1, -0.05) is 17.3 Å². The van der Waals surface area contributed by atoms with Crippen molar-refractivity contribution in [1.82, 2.24) is 0 Å². The zero-order valence-electron chi connectivity index (χ0n) is 14.2. The molecular weight excluding hydrogens is 337 g/mol. The molecule has 0 bridgehead atoms. The summed E-state index contributed by atoms with van der Waals surface area (Å²) in [5.41, 5.74) is 2.52. The van der Waals surface area contributed by atoms with Crippen molar-refractivity contribution in [3.05, 3.63) is 59.9 Å². The molecule has 2 aromatic rings. The highest BCUT2D eigenvalue weighted by Crippen LogP contribution is 2.16. The number of hydrogen-bond acceptors (Lipinski definition) is 5. The predicted molar refractivity (Wildman–Crippen MR) is 98.0 cm³/mol. The number of carbonyl (C=O) groups excluding carboxylic acids is 1. The average molecular weight is 357 g/mol. The minimum atomic E-state index is -0.364. The fourth-order valence-corrected chi connectivity index (χ4v) is 2.52. The first-order valence-electron chi connectivity index (χ1n) is 8.34. The van der Waals surface area contributed by atoms with Crippen LogP contribution >= 0.6 is 0 Å². The Labute approximate surface area is 151 Å². The lowest BCUT2D eigenvalue weighted by molar-refractivity contribution is -0.120. The van der Waals surface area contributed by atoms with Gasteiger partial charge in [0.2, 0.25) is 0 Å².